The minimum Gasteiger partial charge on any atom is -0.350 e. The van der Waals surface area contributed by atoms with Gasteiger partial charge in [-0.15, -0.1) is 11.3 Å². The first-order chi connectivity index (χ1) is 11.1. The van der Waals surface area contributed by atoms with Crippen molar-refractivity contribution in [1.29, 1.82) is 0 Å². The van der Waals surface area contributed by atoms with Gasteiger partial charge in [-0.2, -0.15) is 0 Å². The van der Waals surface area contributed by atoms with Gasteiger partial charge in [0, 0.05) is 23.5 Å². The lowest BCUT2D eigenvalue weighted by atomic mass is 10.0. The summed E-state index contributed by atoms with van der Waals surface area (Å²) in [5, 5.41) is 6.09. The zero-order valence-electron chi connectivity index (χ0n) is 13.7. The maximum absolute atomic E-state index is 12.6. The Bertz CT molecular complexity index is 655. The molecule has 0 spiro atoms. The second kappa shape index (κ2) is 7.13. The first-order valence-corrected chi connectivity index (χ1v) is 9.11. The summed E-state index contributed by atoms with van der Waals surface area (Å²) in [6.07, 6.45) is 3.44. The van der Waals surface area contributed by atoms with Crippen molar-refractivity contribution in [2.75, 3.05) is 11.9 Å². The monoisotopic (exact) mass is 329 g/mol. The minimum atomic E-state index is -0.245. The quantitative estimate of drug-likeness (QED) is 0.922. The van der Waals surface area contributed by atoms with Crippen molar-refractivity contribution in [1.82, 2.24) is 9.88 Å². The molecule has 4 nitrogen and oxygen atoms in total. The van der Waals surface area contributed by atoms with Gasteiger partial charge in [-0.3, -0.25) is 4.79 Å². The van der Waals surface area contributed by atoms with Crippen molar-refractivity contribution in [2.24, 2.45) is 0 Å². The molecular weight excluding hydrogens is 306 g/mol. The van der Waals surface area contributed by atoms with Crippen LogP contribution in [-0.4, -0.2) is 34.4 Å². The number of carbonyl (C=O) groups excluding carboxylic acids is 1. The van der Waals surface area contributed by atoms with Gasteiger partial charge in [0.25, 0.3) is 0 Å². The number of nitrogens with one attached hydrogen (secondary N) is 1. The second-order valence-corrected chi connectivity index (χ2v) is 7.00. The number of hydrogen-bond donors (Lipinski definition) is 1. The molecule has 5 heteroatoms. The summed E-state index contributed by atoms with van der Waals surface area (Å²) in [5.41, 5.74) is 2.05. The maximum atomic E-state index is 12.6. The molecule has 0 aliphatic carbocycles. The lowest BCUT2D eigenvalue weighted by Crippen LogP contribution is -2.48. The van der Waals surface area contributed by atoms with Crippen LogP contribution < -0.4 is 5.32 Å². The number of carbonyl (C=O) groups is 1. The first-order valence-electron chi connectivity index (χ1n) is 8.23. The maximum Gasteiger partial charge on any atom is 0.245 e. The fourth-order valence-electron chi connectivity index (χ4n) is 3.00. The van der Waals surface area contributed by atoms with Crippen molar-refractivity contribution >= 4 is 22.4 Å². The van der Waals surface area contributed by atoms with Gasteiger partial charge in [-0.25, -0.2) is 4.98 Å². The highest BCUT2D eigenvalue weighted by atomic mass is 32.1. The van der Waals surface area contributed by atoms with Gasteiger partial charge in [0.1, 0.15) is 6.04 Å². The van der Waals surface area contributed by atoms with Crippen LogP contribution in [0.1, 0.15) is 33.1 Å². The number of piperidine rings is 1. The van der Waals surface area contributed by atoms with E-state index in [1.807, 2.05) is 47.5 Å². The highest BCUT2D eigenvalue weighted by Crippen LogP contribution is 2.25. The molecule has 122 valence electrons. The number of rotatable bonds is 4. The van der Waals surface area contributed by atoms with Crippen molar-refractivity contribution in [3.05, 3.63) is 35.7 Å². The number of likely N-dealkylation sites (tertiary alicyclic amines) is 1. The molecule has 2 heterocycles. The van der Waals surface area contributed by atoms with Crippen LogP contribution in [0.25, 0.3) is 11.3 Å². The minimum absolute atomic E-state index is 0.175. The lowest BCUT2D eigenvalue weighted by Gasteiger charge is -2.35. The van der Waals surface area contributed by atoms with Crippen LogP contribution in [0.3, 0.4) is 0 Å². The Balaban J connectivity index is 1.65. The molecule has 1 aromatic carbocycles. The molecule has 2 atom stereocenters. The Kier molecular flexibility index (Phi) is 4.96. The SMILES string of the molecule is CC(Nc1nc(-c2ccccc2)cs1)C(=O)N1CCCCC1C. The molecule has 1 aromatic heterocycles. The molecule has 2 unspecified atom stereocenters. The van der Waals surface area contributed by atoms with Gasteiger partial charge in [0.05, 0.1) is 5.69 Å². The van der Waals surface area contributed by atoms with Crippen molar-refractivity contribution in [3.8, 4) is 11.3 Å². The molecule has 0 saturated carbocycles. The van der Waals surface area contributed by atoms with Crippen LogP contribution in [0, 0.1) is 0 Å². The van der Waals surface area contributed by atoms with Crippen LogP contribution in [0.5, 0.6) is 0 Å². The molecule has 1 amide bonds. The van der Waals surface area contributed by atoms with Gasteiger partial charge >= 0.3 is 0 Å². The number of benzene rings is 1. The van der Waals surface area contributed by atoms with Gasteiger partial charge in [0.15, 0.2) is 5.13 Å². The Morgan fingerprint density at radius 3 is 2.87 bits per heavy atom. The number of hydrogen-bond acceptors (Lipinski definition) is 4. The second-order valence-electron chi connectivity index (χ2n) is 6.15. The normalized spacial score (nSPS) is 19.4. The predicted octanol–water partition coefficient (Wildman–Crippen LogP) is 4.01. The molecule has 0 radical (unpaired) electrons. The molecule has 1 aliphatic heterocycles. The highest BCUT2D eigenvalue weighted by Gasteiger charge is 2.27. The first kappa shape index (κ1) is 16.0. The third-order valence-electron chi connectivity index (χ3n) is 4.37. The topological polar surface area (TPSA) is 45.2 Å². The fourth-order valence-corrected chi connectivity index (χ4v) is 3.81. The molecular formula is C18H23N3OS. The number of aromatic nitrogens is 1. The zero-order chi connectivity index (χ0) is 16.2. The summed E-state index contributed by atoms with van der Waals surface area (Å²) in [7, 11) is 0. The molecule has 3 rings (SSSR count). The summed E-state index contributed by atoms with van der Waals surface area (Å²) < 4.78 is 0. The highest BCUT2D eigenvalue weighted by molar-refractivity contribution is 7.14. The smallest absolute Gasteiger partial charge is 0.245 e. The Hall–Kier alpha value is -1.88. The number of thiazole rings is 1. The zero-order valence-corrected chi connectivity index (χ0v) is 14.5. The summed E-state index contributed by atoms with van der Waals surface area (Å²) in [5.74, 6) is 0.175. The van der Waals surface area contributed by atoms with Gasteiger partial charge in [-0.1, -0.05) is 30.3 Å². The summed E-state index contributed by atoms with van der Waals surface area (Å²) in [6.45, 7) is 4.94. The molecule has 1 fully saturated rings. The molecule has 1 saturated heterocycles. The van der Waals surface area contributed by atoms with E-state index >= 15 is 0 Å². The van der Waals surface area contributed by atoms with E-state index < -0.39 is 0 Å². The Morgan fingerprint density at radius 2 is 2.13 bits per heavy atom. The van der Waals surface area contributed by atoms with E-state index in [1.54, 1.807) is 11.3 Å². The molecule has 1 N–H and O–H groups in total. The third kappa shape index (κ3) is 3.72. The van der Waals surface area contributed by atoms with Crippen molar-refractivity contribution < 1.29 is 4.79 Å². The van der Waals surface area contributed by atoms with Crippen LogP contribution in [0.4, 0.5) is 5.13 Å². The average molecular weight is 329 g/mol. The number of anilines is 1. The number of nitrogens with zero attached hydrogens (tertiary/aromatic N) is 2. The van der Waals surface area contributed by atoms with Crippen LogP contribution in [-0.2, 0) is 4.79 Å². The fraction of sp³-hybridized carbons (Fsp3) is 0.444. The summed E-state index contributed by atoms with van der Waals surface area (Å²) in [4.78, 5) is 19.2. The third-order valence-corrected chi connectivity index (χ3v) is 5.14. The molecule has 2 aromatic rings. The Labute approximate surface area is 141 Å². The van der Waals surface area contributed by atoms with E-state index in [-0.39, 0.29) is 11.9 Å². The Morgan fingerprint density at radius 1 is 1.35 bits per heavy atom. The van der Waals surface area contributed by atoms with Crippen molar-refractivity contribution in [3.63, 3.8) is 0 Å². The van der Waals surface area contributed by atoms with E-state index in [9.17, 15) is 4.79 Å². The van der Waals surface area contributed by atoms with Gasteiger partial charge in [-0.05, 0) is 33.1 Å². The van der Waals surface area contributed by atoms with Gasteiger partial charge in [0.2, 0.25) is 5.91 Å². The van der Waals surface area contributed by atoms with E-state index in [0.29, 0.717) is 6.04 Å². The standard InChI is InChI=1S/C18H23N3OS/c1-13-8-6-7-11-21(13)17(22)14(2)19-18-20-16(12-23-18)15-9-4-3-5-10-15/h3-5,9-10,12-14H,6-8,11H2,1-2H3,(H,19,20). The summed E-state index contributed by atoms with van der Waals surface area (Å²) in [6, 6.07) is 10.2. The lowest BCUT2D eigenvalue weighted by molar-refractivity contribution is -0.134. The predicted molar refractivity (Wildman–Crippen MR) is 95.7 cm³/mol. The van der Waals surface area contributed by atoms with E-state index in [0.717, 1.165) is 35.8 Å². The van der Waals surface area contributed by atoms with Crippen LogP contribution in [0.15, 0.2) is 35.7 Å². The molecule has 23 heavy (non-hydrogen) atoms. The van der Waals surface area contributed by atoms with Crippen LogP contribution in [0.2, 0.25) is 0 Å². The van der Waals surface area contributed by atoms with E-state index in [2.05, 4.69) is 17.2 Å². The van der Waals surface area contributed by atoms with Gasteiger partial charge < -0.3 is 10.2 Å². The van der Waals surface area contributed by atoms with E-state index in [1.165, 1.54) is 6.42 Å². The van der Waals surface area contributed by atoms with Crippen LogP contribution >= 0.6 is 11.3 Å². The molecule has 0 bridgehead atoms. The van der Waals surface area contributed by atoms with Crippen molar-refractivity contribution in [2.45, 2.75) is 45.2 Å². The molecule has 1 aliphatic rings. The largest absolute Gasteiger partial charge is 0.350 e. The average Bonchev–Trinajstić information content (AvgIpc) is 3.04. The number of amides is 1. The van der Waals surface area contributed by atoms with E-state index in [4.69, 9.17) is 0 Å². The summed E-state index contributed by atoms with van der Waals surface area (Å²) >= 11 is 1.54.